The van der Waals surface area contributed by atoms with Gasteiger partial charge in [-0.1, -0.05) is 47.6 Å². The summed E-state index contributed by atoms with van der Waals surface area (Å²) >= 11 is 7.45. The summed E-state index contributed by atoms with van der Waals surface area (Å²) in [5, 5.41) is 6.09. The summed E-state index contributed by atoms with van der Waals surface area (Å²) in [6.07, 6.45) is -0.565. The van der Waals surface area contributed by atoms with Gasteiger partial charge in [0.2, 0.25) is 0 Å². The maximum Gasteiger partial charge on any atom is 0.251 e. The monoisotopic (exact) mass is 576 g/mol. The van der Waals surface area contributed by atoms with Gasteiger partial charge >= 0.3 is 0 Å². The first kappa shape index (κ1) is 26.4. The summed E-state index contributed by atoms with van der Waals surface area (Å²) in [7, 11) is 3.14. The molecule has 2 aliphatic heterocycles. The largest absolute Gasteiger partial charge is 0.493 e. The van der Waals surface area contributed by atoms with Gasteiger partial charge in [0.15, 0.2) is 28.8 Å². The van der Waals surface area contributed by atoms with Gasteiger partial charge in [0.25, 0.3) is 5.91 Å². The molecule has 1 unspecified atom stereocenters. The molecule has 2 aliphatic rings. The van der Waals surface area contributed by atoms with Crippen molar-refractivity contribution in [3.8, 4) is 11.5 Å². The first-order valence-corrected chi connectivity index (χ1v) is 13.8. The lowest BCUT2D eigenvalue weighted by Crippen LogP contribution is -2.30. The number of hydrogen-bond donors (Lipinski definition) is 1. The quantitative estimate of drug-likeness (QED) is 0.262. The molecule has 0 aliphatic carbocycles. The number of fused-ring (bicyclic) bond motifs is 1. The molecule has 2 saturated heterocycles. The molecule has 0 bridgehead atoms. The van der Waals surface area contributed by atoms with Crippen molar-refractivity contribution >= 4 is 56.8 Å². The van der Waals surface area contributed by atoms with Crippen LogP contribution in [0, 0.1) is 0 Å². The highest BCUT2D eigenvalue weighted by molar-refractivity contribution is 8.15. The fourth-order valence-corrected chi connectivity index (χ4v) is 5.82. The second-order valence-electron chi connectivity index (χ2n) is 8.96. The molecule has 204 valence electrons. The number of carbonyl (C=O) groups excluding carboxylic acids is 1. The Bertz CT molecular complexity index is 1590. The number of hydrazone groups is 1. The fourth-order valence-electron chi connectivity index (χ4n) is 4.59. The molecule has 4 aromatic rings. The molecule has 1 amide bonds. The van der Waals surface area contributed by atoms with Gasteiger partial charge in [-0.25, -0.2) is 4.98 Å². The van der Waals surface area contributed by atoms with E-state index in [1.54, 1.807) is 49.5 Å². The molecule has 3 aromatic carbocycles. The number of aromatic nitrogens is 1. The van der Waals surface area contributed by atoms with E-state index in [-0.39, 0.29) is 5.91 Å². The van der Waals surface area contributed by atoms with Crippen molar-refractivity contribution in [2.24, 2.45) is 5.10 Å². The van der Waals surface area contributed by atoms with E-state index in [4.69, 9.17) is 35.5 Å². The van der Waals surface area contributed by atoms with Gasteiger partial charge in [0, 0.05) is 10.4 Å². The Balaban J connectivity index is 1.39. The van der Waals surface area contributed by atoms with Gasteiger partial charge < -0.3 is 18.9 Å². The van der Waals surface area contributed by atoms with Crippen molar-refractivity contribution in [1.82, 2.24) is 4.98 Å². The minimum atomic E-state index is -0.568. The van der Waals surface area contributed by atoms with Crippen LogP contribution in [0.4, 0.5) is 11.5 Å². The number of nitrogens with one attached hydrogen (secondary N) is 1. The van der Waals surface area contributed by atoms with E-state index in [1.165, 1.54) is 11.8 Å². The second kappa shape index (κ2) is 11.3. The topological polar surface area (TPSA) is 94.5 Å². The number of para-hydroxylation sites is 1. The fraction of sp³-hybridized carbons (Fsp3) is 0.207. The van der Waals surface area contributed by atoms with E-state index in [0.29, 0.717) is 46.4 Å². The molecular weight excluding hydrogens is 552 g/mol. The van der Waals surface area contributed by atoms with Crippen LogP contribution in [0.3, 0.4) is 0 Å². The van der Waals surface area contributed by atoms with Crippen LogP contribution in [0.15, 0.2) is 77.9 Å². The Hall–Kier alpha value is -3.83. The molecular formula is C29H25ClN4O5S. The minimum absolute atomic E-state index is 0.158. The summed E-state index contributed by atoms with van der Waals surface area (Å²) < 4.78 is 22.4. The number of nitrogens with zero attached hydrogens (tertiary/aromatic N) is 3. The molecule has 2 fully saturated rings. The molecule has 0 spiro atoms. The Kier molecular flexibility index (Phi) is 7.48. The Labute approximate surface area is 240 Å². The van der Waals surface area contributed by atoms with Crippen molar-refractivity contribution in [1.29, 1.82) is 0 Å². The molecule has 3 heterocycles. The number of methoxy groups -OCH3 is 2. The molecule has 9 nitrogen and oxygen atoms in total. The molecule has 6 rings (SSSR count). The first-order chi connectivity index (χ1) is 19.6. The van der Waals surface area contributed by atoms with E-state index >= 15 is 0 Å². The first-order valence-electron chi connectivity index (χ1n) is 12.5. The molecule has 0 radical (unpaired) electrons. The van der Waals surface area contributed by atoms with Gasteiger partial charge in [-0.05, 0) is 54.1 Å². The number of anilines is 2. The summed E-state index contributed by atoms with van der Waals surface area (Å²) in [5.41, 5.74) is 6.01. The van der Waals surface area contributed by atoms with E-state index in [1.807, 2.05) is 42.5 Å². The van der Waals surface area contributed by atoms with Gasteiger partial charge in [-0.15, -0.1) is 5.10 Å². The van der Waals surface area contributed by atoms with E-state index < -0.39 is 11.5 Å². The number of ether oxygens (including phenoxy) is 4. The van der Waals surface area contributed by atoms with Crippen molar-refractivity contribution in [3.63, 3.8) is 0 Å². The van der Waals surface area contributed by atoms with Crippen LogP contribution >= 0.6 is 23.4 Å². The smallest absolute Gasteiger partial charge is 0.251 e. The standard InChI is InChI=1S/C29H25ClN4O5S/c1-36-23-12-7-18(16-24(23)37-2)25-27(35)34(20-10-8-19(30)9-11-20)29(40-25)33-32-26-21(28-38-13-14-39-28)15-17-5-3-4-6-22(17)31-26/h3-12,15-16,25,28H,13-14H2,1-2H3,(H,31,32)/b33-29-. The average molecular weight is 577 g/mol. The van der Waals surface area contributed by atoms with Crippen LogP contribution in [0.25, 0.3) is 10.9 Å². The number of amidine groups is 1. The van der Waals surface area contributed by atoms with Crippen molar-refractivity contribution in [3.05, 3.63) is 88.9 Å². The van der Waals surface area contributed by atoms with Crippen LogP contribution in [0.2, 0.25) is 5.02 Å². The summed E-state index contributed by atoms with van der Waals surface area (Å²) in [6, 6.07) is 22.3. The number of benzene rings is 3. The van der Waals surface area contributed by atoms with E-state index in [0.717, 1.165) is 22.0 Å². The number of pyridine rings is 1. The zero-order valence-electron chi connectivity index (χ0n) is 21.7. The van der Waals surface area contributed by atoms with Gasteiger partial charge in [-0.3, -0.25) is 15.1 Å². The third-order valence-corrected chi connectivity index (χ3v) is 7.99. The number of rotatable bonds is 7. The Morgan fingerprint density at radius 2 is 1.75 bits per heavy atom. The SMILES string of the molecule is COc1ccc(C2S/C(=N\Nc3nc4ccccc4cc3C3OCCO3)N(c3ccc(Cl)cc3)C2=O)cc1OC. The number of amides is 1. The normalized spacial score (nSPS) is 18.6. The highest BCUT2D eigenvalue weighted by Crippen LogP contribution is 2.44. The Morgan fingerprint density at radius 1 is 1.00 bits per heavy atom. The predicted molar refractivity (Wildman–Crippen MR) is 156 cm³/mol. The lowest BCUT2D eigenvalue weighted by atomic mass is 10.1. The van der Waals surface area contributed by atoms with Crippen molar-refractivity contribution < 1.29 is 23.7 Å². The predicted octanol–water partition coefficient (Wildman–Crippen LogP) is 6.16. The Morgan fingerprint density at radius 3 is 2.50 bits per heavy atom. The van der Waals surface area contributed by atoms with E-state index in [2.05, 4.69) is 10.5 Å². The maximum atomic E-state index is 13.9. The van der Waals surface area contributed by atoms with Gasteiger partial charge in [-0.2, -0.15) is 0 Å². The van der Waals surface area contributed by atoms with Crippen LogP contribution in [-0.4, -0.2) is 43.5 Å². The lowest BCUT2D eigenvalue weighted by molar-refractivity contribution is -0.117. The zero-order chi connectivity index (χ0) is 27.6. The van der Waals surface area contributed by atoms with Gasteiger partial charge in [0.1, 0.15) is 5.25 Å². The number of hydrogen-bond acceptors (Lipinski definition) is 9. The number of carbonyl (C=O) groups is 1. The number of thioether (sulfide) groups is 1. The van der Waals surface area contributed by atoms with Gasteiger partial charge in [0.05, 0.1) is 44.2 Å². The second-order valence-corrected chi connectivity index (χ2v) is 10.5. The molecule has 1 aromatic heterocycles. The van der Waals surface area contributed by atoms with Crippen molar-refractivity contribution in [2.45, 2.75) is 11.5 Å². The summed E-state index contributed by atoms with van der Waals surface area (Å²) in [5.74, 6) is 1.45. The van der Waals surface area contributed by atoms with E-state index in [9.17, 15) is 4.79 Å². The third kappa shape index (κ3) is 5.06. The van der Waals surface area contributed by atoms with Crippen LogP contribution in [0.1, 0.15) is 22.7 Å². The van der Waals surface area contributed by atoms with Crippen LogP contribution in [0.5, 0.6) is 11.5 Å². The minimum Gasteiger partial charge on any atom is -0.493 e. The molecule has 11 heteroatoms. The molecule has 1 N–H and O–H groups in total. The summed E-state index contributed by atoms with van der Waals surface area (Å²) in [6.45, 7) is 0.986. The molecule has 0 saturated carbocycles. The molecule has 40 heavy (non-hydrogen) atoms. The maximum absolute atomic E-state index is 13.9. The van der Waals surface area contributed by atoms with Crippen LogP contribution < -0.4 is 19.8 Å². The van der Waals surface area contributed by atoms with Crippen molar-refractivity contribution in [2.75, 3.05) is 37.8 Å². The highest BCUT2D eigenvalue weighted by Gasteiger charge is 2.40. The highest BCUT2D eigenvalue weighted by atomic mass is 35.5. The zero-order valence-corrected chi connectivity index (χ0v) is 23.2. The molecule has 1 atom stereocenters. The summed E-state index contributed by atoms with van der Waals surface area (Å²) in [4.78, 5) is 20.2. The number of halogens is 1. The average Bonchev–Trinajstić information content (AvgIpc) is 3.64. The van der Waals surface area contributed by atoms with Crippen LogP contribution in [-0.2, 0) is 14.3 Å². The lowest BCUT2D eigenvalue weighted by Gasteiger charge is -2.18. The third-order valence-electron chi connectivity index (χ3n) is 6.54.